The summed E-state index contributed by atoms with van der Waals surface area (Å²) in [5.41, 5.74) is 5.27. The van der Waals surface area contributed by atoms with E-state index in [0.29, 0.717) is 28.1 Å². The van der Waals surface area contributed by atoms with E-state index in [4.69, 9.17) is 9.47 Å². The van der Waals surface area contributed by atoms with Crippen LogP contribution >= 0.6 is 0 Å². The van der Waals surface area contributed by atoms with Crippen LogP contribution in [0.25, 0.3) is 11.1 Å². The zero-order valence-electron chi connectivity index (χ0n) is 16.8. The molecule has 7 heteroatoms. The van der Waals surface area contributed by atoms with Crippen LogP contribution in [0.4, 0.5) is 10.1 Å². The normalized spacial score (nSPS) is 16.3. The number of nitrogens with zero attached hydrogens (tertiary/aromatic N) is 2. The predicted octanol–water partition coefficient (Wildman–Crippen LogP) is 4.39. The first-order chi connectivity index (χ1) is 15.0. The largest absolute Gasteiger partial charge is 0.467 e. The van der Waals surface area contributed by atoms with Gasteiger partial charge in [0.05, 0.1) is 18.8 Å². The third-order valence-corrected chi connectivity index (χ3v) is 5.56. The molecule has 2 heterocycles. The van der Waals surface area contributed by atoms with Crippen molar-refractivity contribution in [3.05, 3.63) is 82.7 Å². The second-order valence-electron chi connectivity index (χ2n) is 7.60. The highest BCUT2D eigenvalue weighted by atomic mass is 19.1. The van der Waals surface area contributed by atoms with E-state index in [2.05, 4.69) is 5.16 Å². The predicted molar refractivity (Wildman–Crippen MR) is 113 cm³/mol. The van der Waals surface area contributed by atoms with Gasteiger partial charge in [-0.3, -0.25) is 4.79 Å². The summed E-state index contributed by atoms with van der Waals surface area (Å²) in [5, 5.41) is 12.7. The molecule has 0 aromatic heterocycles. The number of oxime groups is 1. The van der Waals surface area contributed by atoms with Gasteiger partial charge in [0, 0.05) is 16.7 Å². The Kier molecular flexibility index (Phi) is 4.67. The summed E-state index contributed by atoms with van der Waals surface area (Å²) in [4.78, 5) is 14.5. The fourth-order valence-corrected chi connectivity index (χ4v) is 4.03. The molecular weight excluding hydrogens is 399 g/mol. The standard InChI is InChI=1S/C24H19FN2O4/c1-14-2-4-15(5-3-14)16-6-7-20-21(10-16)27(24(28)22(20)26-29)11-17-8-19(25)9-18-12-30-13-31-23(17)18/h2-10,29H,11-13H2,1H3/b26-22-. The van der Waals surface area contributed by atoms with Crippen LogP contribution in [0.2, 0.25) is 0 Å². The van der Waals surface area contributed by atoms with Gasteiger partial charge in [0.25, 0.3) is 5.91 Å². The molecule has 0 aliphatic carbocycles. The van der Waals surface area contributed by atoms with Crippen molar-refractivity contribution in [2.45, 2.75) is 20.1 Å². The van der Waals surface area contributed by atoms with Crippen LogP contribution in [0, 0.1) is 12.7 Å². The summed E-state index contributed by atoms with van der Waals surface area (Å²) in [6, 6.07) is 16.3. The van der Waals surface area contributed by atoms with Gasteiger partial charge in [-0.25, -0.2) is 4.39 Å². The number of carbonyl (C=O) groups excluding carboxylic acids is 1. The molecule has 0 radical (unpaired) electrons. The molecule has 31 heavy (non-hydrogen) atoms. The topological polar surface area (TPSA) is 71.4 Å². The van der Waals surface area contributed by atoms with E-state index >= 15 is 0 Å². The monoisotopic (exact) mass is 418 g/mol. The van der Waals surface area contributed by atoms with E-state index < -0.39 is 11.7 Å². The summed E-state index contributed by atoms with van der Waals surface area (Å²) in [6.45, 7) is 2.40. The molecule has 3 aromatic carbocycles. The van der Waals surface area contributed by atoms with Gasteiger partial charge < -0.3 is 19.6 Å². The van der Waals surface area contributed by atoms with Gasteiger partial charge in [-0.15, -0.1) is 0 Å². The lowest BCUT2D eigenvalue weighted by molar-refractivity contribution is -0.112. The fourth-order valence-electron chi connectivity index (χ4n) is 4.03. The third-order valence-electron chi connectivity index (χ3n) is 5.56. The molecule has 0 unspecified atom stereocenters. The van der Waals surface area contributed by atoms with Crippen LogP contribution in [-0.4, -0.2) is 23.6 Å². The number of halogens is 1. The molecule has 2 aliphatic heterocycles. The summed E-state index contributed by atoms with van der Waals surface area (Å²) in [6.07, 6.45) is 0. The average Bonchev–Trinajstić information content (AvgIpc) is 3.04. The van der Waals surface area contributed by atoms with E-state index in [0.717, 1.165) is 16.7 Å². The number of rotatable bonds is 3. The van der Waals surface area contributed by atoms with Crippen LogP contribution in [0.5, 0.6) is 5.75 Å². The van der Waals surface area contributed by atoms with Crippen molar-refractivity contribution in [3.63, 3.8) is 0 Å². The molecule has 0 saturated carbocycles. The molecule has 5 rings (SSSR count). The van der Waals surface area contributed by atoms with E-state index in [-0.39, 0.29) is 25.7 Å². The lowest BCUT2D eigenvalue weighted by Crippen LogP contribution is -2.30. The third kappa shape index (κ3) is 3.33. The van der Waals surface area contributed by atoms with Crippen LogP contribution in [-0.2, 0) is 22.7 Å². The number of carbonyl (C=O) groups is 1. The van der Waals surface area contributed by atoms with Crippen molar-refractivity contribution in [2.24, 2.45) is 5.16 Å². The highest BCUT2D eigenvalue weighted by molar-refractivity contribution is 6.54. The molecule has 3 aromatic rings. The van der Waals surface area contributed by atoms with Crippen LogP contribution in [0.1, 0.15) is 22.3 Å². The second kappa shape index (κ2) is 7.52. The Labute approximate surface area is 178 Å². The molecule has 2 aliphatic rings. The number of anilines is 1. The number of benzene rings is 3. The molecule has 0 spiro atoms. The molecule has 1 N–H and O–H groups in total. The highest BCUT2D eigenvalue weighted by Crippen LogP contribution is 2.37. The Morgan fingerprint density at radius 3 is 2.65 bits per heavy atom. The van der Waals surface area contributed by atoms with E-state index in [1.165, 1.54) is 17.0 Å². The van der Waals surface area contributed by atoms with Gasteiger partial charge in [-0.1, -0.05) is 41.1 Å². The number of fused-ring (bicyclic) bond motifs is 2. The van der Waals surface area contributed by atoms with Gasteiger partial charge in [0.1, 0.15) is 11.6 Å². The molecule has 1 amide bonds. The van der Waals surface area contributed by atoms with Gasteiger partial charge in [-0.2, -0.15) is 0 Å². The minimum absolute atomic E-state index is 0.0417. The SMILES string of the molecule is Cc1ccc(-c2ccc3c(c2)N(Cc2cc(F)cc4c2OCOC4)C(=O)/C3=N\O)cc1. The van der Waals surface area contributed by atoms with Gasteiger partial charge in [0.2, 0.25) is 0 Å². The minimum atomic E-state index is -0.455. The lowest BCUT2D eigenvalue weighted by atomic mass is 10.0. The molecule has 0 saturated heterocycles. The maximum Gasteiger partial charge on any atom is 0.281 e. The Hall–Kier alpha value is -3.71. The lowest BCUT2D eigenvalue weighted by Gasteiger charge is -2.24. The first kappa shape index (κ1) is 19.3. The summed E-state index contributed by atoms with van der Waals surface area (Å²) in [7, 11) is 0. The van der Waals surface area contributed by atoms with Crippen molar-refractivity contribution in [1.82, 2.24) is 0 Å². The number of hydrogen-bond acceptors (Lipinski definition) is 5. The molecular formula is C24H19FN2O4. The number of aryl methyl sites for hydroxylation is 1. The maximum atomic E-state index is 14.2. The van der Waals surface area contributed by atoms with Gasteiger partial charge >= 0.3 is 0 Å². The van der Waals surface area contributed by atoms with Gasteiger partial charge in [0.15, 0.2) is 12.5 Å². The molecule has 6 nitrogen and oxygen atoms in total. The van der Waals surface area contributed by atoms with Crippen LogP contribution < -0.4 is 9.64 Å². The van der Waals surface area contributed by atoms with Gasteiger partial charge in [-0.05, 0) is 42.3 Å². The van der Waals surface area contributed by atoms with Crippen molar-refractivity contribution < 1.29 is 23.9 Å². The van der Waals surface area contributed by atoms with Crippen LogP contribution in [0.3, 0.4) is 0 Å². The molecule has 0 atom stereocenters. The first-order valence-corrected chi connectivity index (χ1v) is 9.82. The Morgan fingerprint density at radius 2 is 1.87 bits per heavy atom. The zero-order chi connectivity index (χ0) is 21.5. The first-order valence-electron chi connectivity index (χ1n) is 9.82. The zero-order valence-corrected chi connectivity index (χ0v) is 16.8. The van der Waals surface area contributed by atoms with Crippen molar-refractivity contribution in [1.29, 1.82) is 0 Å². The van der Waals surface area contributed by atoms with E-state index in [1.807, 2.05) is 43.3 Å². The summed E-state index contributed by atoms with van der Waals surface area (Å²) < 4.78 is 25.0. The maximum absolute atomic E-state index is 14.2. The van der Waals surface area contributed by atoms with E-state index in [9.17, 15) is 14.4 Å². The smallest absolute Gasteiger partial charge is 0.281 e. The fraction of sp³-hybridized carbons (Fsp3) is 0.167. The van der Waals surface area contributed by atoms with Crippen LogP contribution in [0.15, 0.2) is 59.8 Å². The molecule has 0 bridgehead atoms. The van der Waals surface area contributed by atoms with Crippen molar-refractivity contribution in [3.8, 4) is 16.9 Å². The second-order valence-corrected chi connectivity index (χ2v) is 7.60. The van der Waals surface area contributed by atoms with Crippen molar-refractivity contribution >= 4 is 17.3 Å². The molecule has 156 valence electrons. The number of ether oxygens (including phenoxy) is 2. The summed E-state index contributed by atoms with van der Waals surface area (Å²) >= 11 is 0. The number of hydrogen-bond donors (Lipinski definition) is 1. The summed E-state index contributed by atoms with van der Waals surface area (Å²) in [5.74, 6) is -0.367. The Morgan fingerprint density at radius 1 is 1.10 bits per heavy atom. The van der Waals surface area contributed by atoms with E-state index in [1.54, 1.807) is 6.07 Å². The highest BCUT2D eigenvalue weighted by Gasteiger charge is 2.36. The molecule has 0 fully saturated rings. The minimum Gasteiger partial charge on any atom is -0.467 e. The van der Waals surface area contributed by atoms with Crippen molar-refractivity contribution in [2.75, 3.05) is 11.7 Å². The number of amides is 1. The Balaban J connectivity index is 1.58. The average molecular weight is 418 g/mol. The quantitative estimate of drug-likeness (QED) is 0.506. The Bertz CT molecular complexity index is 1220.